The fourth-order valence-electron chi connectivity index (χ4n) is 1.90. The highest BCUT2D eigenvalue weighted by Crippen LogP contribution is 2.21. The van der Waals surface area contributed by atoms with Gasteiger partial charge < -0.3 is 4.90 Å². The van der Waals surface area contributed by atoms with E-state index in [1.165, 1.54) is 26.1 Å². The van der Waals surface area contributed by atoms with E-state index in [1.807, 2.05) is 0 Å². The van der Waals surface area contributed by atoms with Gasteiger partial charge >= 0.3 is 0 Å². The SMILES string of the molecule is CC(C)CN1CCC(S)C(C)C1. The third-order valence-electron chi connectivity index (χ3n) is 2.57. The Bertz CT molecular complexity index is 136. The lowest BCUT2D eigenvalue weighted by atomic mass is 9.98. The van der Waals surface area contributed by atoms with Crippen molar-refractivity contribution in [3.8, 4) is 0 Å². The minimum absolute atomic E-state index is 0.633. The highest BCUT2D eigenvalue weighted by Gasteiger charge is 2.23. The first-order valence-electron chi connectivity index (χ1n) is 5.00. The number of hydrogen-bond acceptors (Lipinski definition) is 2. The fourth-order valence-corrected chi connectivity index (χ4v) is 2.11. The molecule has 0 aromatic heterocycles. The zero-order valence-corrected chi connectivity index (χ0v) is 9.35. The largest absolute Gasteiger partial charge is 0.303 e. The van der Waals surface area contributed by atoms with E-state index in [-0.39, 0.29) is 0 Å². The second-order valence-corrected chi connectivity index (χ2v) is 5.15. The summed E-state index contributed by atoms with van der Waals surface area (Å²) in [6, 6.07) is 0. The normalized spacial score (nSPS) is 32.8. The molecule has 1 aliphatic heterocycles. The number of piperidine rings is 1. The summed E-state index contributed by atoms with van der Waals surface area (Å²) >= 11 is 4.56. The first-order chi connectivity index (χ1) is 5.59. The van der Waals surface area contributed by atoms with Gasteiger partial charge in [-0.3, -0.25) is 0 Å². The Kier molecular flexibility index (Phi) is 3.91. The van der Waals surface area contributed by atoms with Crippen LogP contribution in [0.5, 0.6) is 0 Å². The van der Waals surface area contributed by atoms with Crippen LogP contribution in [0.15, 0.2) is 0 Å². The molecule has 1 aliphatic rings. The van der Waals surface area contributed by atoms with E-state index < -0.39 is 0 Å². The van der Waals surface area contributed by atoms with Crippen molar-refractivity contribution in [1.29, 1.82) is 0 Å². The second kappa shape index (κ2) is 4.52. The highest BCUT2D eigenvalue weighted by molar-refractivity contribution is 7.81. The predicted octanol–water partition coefficient (Wildman–Crippen LogP) is 2.28. The van der Waals surface area contributed by atoms with Gasteiger partial charge in [-0.25, -0.2) is 0 Å². The van der Waals surface area contributed by atoms with Gasteiger partial charge in [0, 0.05) is 18.3 Å². The maximum absolute atomic E-state index is 4.56. The molecule has 2 heteroatoms. The Morgan fingerprint density at radius 1 is 1.50 bits per heavy atom. The molecular weight excluding hydrogens is 166 g/mol. The average molecular weight is 187 g/mol. The van der Waals surface area contributed by atoms with Crippen molar-refractivity contribution in [1.82, 2.24) is 4.90 Å². The van der Waals surface area contributed by atoms with Crippen LogP contribution in [0.4, 0.5) is 0 Å². The van der Waals surface area contributed by atoms with Crippen molar-refractivity contribution in [2.75, 3.05) is 19.6 Å². The molecule has 0 saturated carbocycles. The van der Waals surface area contributed by atoms with Crippen LogP contribution in [0, 0.1) is 11.8 Å². The van der Waals surface area contributed by atoms with Gasteiger partial charge in [0.05, 0.1) is 0 Å². The summed E-state index contributed by atoms with van der Waals surface area (Å²) in [6.07, 6.45) is 1.26. The lowest BCUT2D eigenvalue weighted by molar-refractivity contribution is 0.172. The van der Waals surface area contributed by atoms with Crippen molar-refractivity contribution in [3.05, 3.63) is 0 Å². The Morgan fingerprint density at radius 3 is 2.67 bits per heavy atom. The van der Waals surface area contributed by atoms with Crippen molar-refractivity contribution < 1.29 is 0 Å². The van der Waals surface area contributed by atoms with Crippen LogP contribution in [-0.4, -0.2) is 29.8 Å². The van der Waals surface area contributed by atoms with Crippen LogP contribution in [0.2, 0.25) is 0 Å². The zero-order chi connectivity index (χ0) is 9.14. The van der Waals surface area contributed by atoms with Crippen molar-refractivity contribution in [2.45, 2.75) is 32.4 Å². The van der Waals surface area contributed by atoms with Crippen molar-refractivity contribution in [3.63, 3.8) is 0 Å². The number of likely N-dealkylation sites (tertiary alicyclic amines) is 1. The second-order valence-electron chi connectivity index (χ2n) is 4.49. The van der Waals surface area contributed by atoms with Crippen LogP contribution < -0.4 is 0 Å². The van der Waals surface area contributed by atoms with Gasteiger partial charge in [0.1, 0.15) is 0 Å². The molecular formula is C10H21NS. The smallest absolute Gasteiger partial charge is 0.00667 e. The first-order valence-corrected chi connectivity index (χ1v) is 5.51. The van der Waals surface area contributed by atoms with Gasteiger partial charge in [0.15, 0.2) is 0 Å². The summed E-state index contributed by atoms with van der Waals surface area (Å²) in [6.45, 7) is 10.6. The van der Waals surface area contributed by atoms with Gasteiger partial charge in [-0.05, 0) is 24.8 Å². The molecule has 12 heavy (non-hydrogen) atoms. The van der Waals surface area contributed by atoms with Crippen molar-refractivity contribution >= 4 is 12.6 Å². The molecule has 1 nitrogen and oxygen atoms in total. The van der Waals surface area contributed by atoms with E-state index in [4.69, 9.17) is 0 Å². The summed E-state index contributed by atoms with van der Waals surface area (Å²) in [5.74, 6) is 1.56. The number of thiol groups is 1. The monoisotopic (exact) mass is 187 g/mol. The summed E-state index contributed by atoms with van der Waals surface area (Å²) < 4.78 is 0. The van der Waals surface area contributed by atoms with Crippen LogP contribution in [-0.2, 0) is 0 Å². The molecule has 2 atom stereocenters. The standard InChI is InChI=1S/C10H21NS/c1-8(2)6-11-5-4-10(12)9(3)7-11/h8-10,12H,4-7H2,1-3H3. The molecule has 2 unspecified atom stereocenters. The van der Waals surface area contributed by atoms with E-state index >= 15 is 0 Å². The minimum Gasteiger partial charge on any atom is -0.303 e. The molecule has 1 fully saturated rings. The zero-order valence-electron chi connectivity index (χ0n) is 8.45. The number of hydrogen-bond donors (Lipinski definition) is 1. The van der Waals surface area contributed by atoms with E-state index in [0.717, 1.165) is 11.8 Å². The lowest BCUT2D eigenvalue weighted by Gasteiger charge is -2.35. The Labute approximate surface area is 81.9 Å². The fraction of sp³-hybridized carbons (Fsp3) is 1.00. The Balaban J connectivity index is 2.30. The van der Waals surface area contributed by atoms with Gasteiger partial charge in [0.25, 0.3) is 0 Å². The van der Waals surface area contributed by atoms with Gasteiger partial charge in [-0.2, -0.15) is 12.6 Å². The summed E-state index contributed by atoms with van der Waals surface area (Å²) in [5.41, 5.74) is 0. The lowest BCUT2D eigenvalue weighted by Crippen LogP contribution is -2.41. The molecule has 0 aromatic carbocycles. The van der Waals surface area contributed by atoms with Gasteiger partial charge in [-0.1, -0.05) is 20.8 Å². The third-order valence-corrected chi connectivity index (χ3v) is 3.33. The van der Waals surface area contributed by atoms with Crippen LogP contribution >= 0.6 is 12.6 Å². The minimum atomic E-state index is 0.633. The molecule has 1 heterocycles. The van der Waals surface area contributed by atoms with Crippen LogP contribution in [0.3, 0.4) is 0 Å². The summed E-state index contributed by atoms with van der Waals surface area (Å²) in [5, 5.41) is 0.633. The van der Waals surface area contributed by atoms with E-state index in [0.29, 0.717) is 5.25 Å². The Hall–Kier alpha value is 0.310. The molecule has 0 aliphatic carbocycles. The summed E-state index contributed by atoms with van der Waals surface area (Å²) in [7, 11) is 0. The van der Waals surface area contributed by atoms with E-state index in [1.54, 1.807) is 0 Å². The maximum atomic E-state index is 4.56. The highest BCUT2D eigenvalue weighted by atomic mass is 32.1. The van der Waals surface area contributed by atoms with Crippen LogP contribution in [0.25, 0.3) is 0 Å². The number of rotatable bonds is 2. The molecule has 0 N–H and O–H groups in total. The molecule has 0 spiro atoms. The third kappa shape index (κ3) is 2.98. The van der Waals surface area contributed by atoms with Gasteiger partial charge in [0.2, 0.25) is 0 Å². The number of nitrogens with zero attached hydrogens (tertiary/aromatic N) is 1. The first kappa shape index (κ1) is 10.4. The molecule has 1 rings (SSSR count). The molecule has 0 bridgehead atoms. The van der Waals surface area contributed by atoms with Crippen LogP contribution in [0.1, 0.15) is 27.2 Å². The predicted molar refractivity (Wildman–Crippen MR) is 57.8 cm³/mol. The Morgan fingerprint density at radius 2 is 2.17 bits per heavy atom. The molecule has 0 radical (unpaired) electrons. The van der Waals surface area contributed by atoms with E-state index in [9.17, 15) is 0 Å². The van der Waals surface area contributed by atoms with Crippen molar-refractivity contribution in [2.24, 2.45) is 11.8 Å². The average Bonchev–Trinajstić information content (AvgIpc) is 1.96. The molecule has 1 saturated heterocycles. The molecule has 72 valence electrons. The van der Waals surface area contributed by atoms with E-state index in [2.05, 4.69) is 38.3 Å². The molecule has 0 aromatic rings. The quantitative estimate of drug-likeness (QED) is 0.649. The maximum Gasteiger partial charge on any atom is 0.00667 e. The topological polar surface area (TPSA) is 3.24 Å². The molecule has 0 amide bonds. The summed E-state index contributed by atoms with van der Waals surface area (Å²) in [4.78, 5) is 2.57. The van der Waals surface area contributed by atoms with Gasteiger partial charge in [-0.15, -0.1) is 0 Å².